The number of rotatable bonds is 4. The fourth-order valence-electron chi connectivity index (χ4n) is 2.62. The van der Waals surface area contributed by atoms with E-state index in [1.807, 2.05) is 12.3 Å². The summed E-state index contributed by atoms with van der Waals surface area (Å²) in [6, 6.07) is 7.52. The Morgan fingerprint density at radius 2 is 2.09 bits per heavy atom. The number of aryl methyl sites for hydroxylation is 1. The van der Waals surface area contributed by atoms with Crippen molar-refractivity contribution in [1.82, 2.24) is 9.29 Å². The van der Waals surface area contributed by atoms with Gasteiger partial charge in [0.2, 0.25) is 15.9 Å². The lowest BCUT2D eigenvalue weighted by molar-refractivity contribution is -0.119. The molecule has 0 bridgehead atoms. The quantitative estimate of drug-likeness (QED) is 0.916. The van der Waals surface area contributed by atoms with Crippen LogP contribution in [-0.2, 0) is 14.8 Å². The summed E-state index contributed by atoms with van der Waals surface area (Å²) in [7, 11) is -3.66. The molecule has 0 saturated carbocycles. The van der Waals surface area contributed by atoms with Gasteiger partial charge in [0.1, 0.15) is 6.04 Å². The molecule has 23 heavy (non-hydrogen) atoms. The van der Waals surface area contributed by atoms with Gasteiger partial charge in [-0.25, -0.2) is 13.4 Å². The molecule has 1 aromatic carbocycles. The average Bonchev–Trinajstić information content (AvgIpc) is 3.17. The smallest absolute Gasteiger partial charge is 0.244 e. The van der Waals surface area contributed by atoms with Crippen LogP contribution in [0.25, 0.3) is 0 Å². The van der Waals surface area contributed by atoms with Gasteiger partial charge in [0.05, 0.1) is 10.6 Å². The third-order valence-corrected chi connectivity index (χ3v) is 6.50. The van der Waals surface area contributed by atoms with E-state index < -0.39 is 16.1 Å². The van der Waals surface area contributed by atoms with Crippen LogP contribution in [0.3, 0.4) is 0 Å². The van der Waals surface area contributed by atoms with Crippen molar-refractivity contribution in [1.29, 1.82) is 0 Å². The minimum atomic E-state index is -3.66. The predicted molar refractivity (Wildman–Crippen MR) is 88.8 cm³/mol. The summed E-state index contributed by atoms with van der Waals surface area (Å²) >= 11 is 1.33. The van der Waals surface area contributed by atoms with E-state index in [9.17, 15) is 13.2 Å². The zero-order chi connectivity index (χ0) is 16.4. The molecule has 2 aromatic rings. The number of sulfonamides is 1. The van der Waals surface area contributed by atoms with E-state index >= 15 is 0 Å². The van der Waals surface area contributed by atoms with Crippen LogP contribution in [0.15, 0.2) is 40.6 Å². The largest absolute Gasteiger partial charge is 0.301 e. The van der Waals surface area contributed by atoms with Gasteiger partial charge in [0.25, 0.3) is 0 Å². The standard InChI is InChI=1S/C15H17N3O3S2/c1-11-10-22-15(16-11)17-14(19)13-8-5-9-18(13)23(20,21)12-6-3-2-4-7-12/h2-4,6-7,10,13H,5,8-9H2,1H3,(H,16,17,19). The first-order valence-electron chi connectivity index (χ1n) is 7.28. The second-order valence-corrected chi connectivity index (χ2v) is 8.12. The normalized spacial score (nSPS) is 18.9. The van der Waals surface area contributed by atoms with Gasteiger partial charge in [0, 0.05) is 11.9 Å². The maximum absolute atomic E-state index is 12.7. The molecule has 1 fully saturated rings. The van der Waals surface area contributed by atoms with E-state index in [0.29, 0.717) is 24.5 Å². The Balaban J connectivity index is 1.81. The lowest BCUT2D eigenvalue weighted by atomic mass is 10.2. The molecule has 1 amide bonds. The zero-order valence-corrected chi connectivity index (χ0v) is 14.2. The highest BCUT2D eigenvalue weighted by molar-refractivity contribution is 7.89. The Kier molecular flexibility index (Phi) is 4.47. The molecule has 2 heterocycles. The van der Waals surface area contributed by atoms with Crippen LogP contribution >= 0.6 is 11.3 Å². The number of nitrogens with zero attached hydrogens (tertiary/aromatic N) is 2. The molecular formula is C15H17N3O3S2. The average molecular weight is 351 g/mol. The predicted octanol–water partition coefficient (Wildman–Crippen LogP) is 2.24. The van der Waals surface area contributed by atoms with E-state index in [4.69, 9.17) is 0 Å². The first-order valence-corrected chi connectivity index (χ1v) is 9.60. The SMILES string of the molecule is Cc1csc(NC(=O)C2CCCN2S(=O)(=O)c2ccccc2)n1. The highest BCUT2D eigenvalue weighted by Crippen LogP contribution is 2.27. The summed E-state index contributed by atoms with van der Waals surface area (Å²) < 4.78 is 26.8. The van der Waals surface area contributed by atoms with Gasteiger partial charge in [-0.1, -0.05) is 18.2 Å². The molecule has 8 heteroatoms. The highest BCUT2D eigenvalue weighted by atomic mass is 32.2. The Labute approximate surface area is 139 Å². The molecular weight excluding hydrogens is 334 g/mol. The minimum absolute atomic E-state index is 0.213. The van der Waals surface area contributed by atoms with Gasteiger partial charge < -0.3 is 5.32 Å². The zero-order valence-electron chi connectivity index (χ0n) is 12.6. The number of thiazole rings is 1. The molecule has 1 aliphatic heterocycles. The van der Waals surface area contributed by atoms with Crippen LogP contribution in [0.2, 0.25) is 0 Å². The second-order valence-electron chi connectivity index (χ2n) is 5.37. The van der Waals surface area contributed by atoms with Crippen LogP contribution in [0.5, 0.6) is 0 Å². The van der Waals surface area contributed by atoms with Gasteiger partial charge in [0.15, 0.2) is 5.13 Å². The van der Waals surface area contributed by atoms with Crippen LogP contribution in [0.1, 0.15) is 18.5 Å². The molecule has 1 unspecified atom stereocenters. The van der Waals surface area contributed by atoms with Crippen molar-refractivity contribution in [2.24, 2.45) is 0 Å². The van der Waals surface area contributed by atoms with Gasteiger partial charge in [-0.15, -0.1) is 11.3 Å². The Hall–Kier alpha value is -1.77. The number of amides is 1. The van der Waals surface area contributed by atoms with E-state index in [2.05, 4.69) is 10.3 Å². The second kappa shape index (κ2) is 6.38. The first-order chi connectivity index (χ1) is 11.0. The Morgan fingerprint density at radius 1 is 1.35 bits per heavy atom. The van der Waals surface area contributed by atoms with Crippen molar-refractivity contribution in [3.05, 3.63) is 41.4 Å². The first kappa shape index (κ1) is 16.1. The third-order valence-electron chi connectivity index (χ3n) is 3.71. The molecule has 0 spiro atoms. The van der Waals surface area contributed by atoms with Crippen molar-refractivity contribution >= 4 is 32.4 Å². The van der Waals surface area contributed by atoms with Crippen LogP contribution < -0.4 is 5.32 Å². The highest BCUT2D eigenvalue weighted by Gasteiger charge is 2.39. The van der Waals surface area contributed by atoms with E-state index in [0.717, 1.165) is 5.69 Å². The summed E-state index contributed by atoms with van der Waals surface area (Å²) in [5.74, 6) is -0.323. The van der Waals surface area contributed by atoms with E-state index in [1.165, 1.54) is 15.6 Å². The van der Waals surface area contributed by atoms with Crippen LogP contribution in [-0.4, -0.2) is 36.2 Å². The Morgan fingerprint density at radius 3 is 2.74 bits per heavy atom. The molecule has 1 aromatic heterocycles. The lowest BCUT2D eigenvalue weighted by Crippen LogP contribution is -2.43. The van der Waals surface area contributed by atoms with Crippen LogP contribution in [0.4, 0.5) is 5.13 Å². The van der Waals surface area contributed by atoms with Crippen molar-refractivity contribution < 1.29 is 13.2 Å². The fourth-order valence-corrected chi connectivity index (χ4v) is 4.99. The number of hydrogen-bond acceptors (Lipinski definition) is 5. The topological polar surface area (TPSA) is 79.4 Å². The summed E-state index contributed by atoms with van der Waals surface area (Å²) in [5.41, 5.74) is 0.825. The molecule has 1 saturated heterocycles. The maximum atomic E-state index is 12.7. The van der Waals surface area contributed by atoms with Gasteiger partial charge >= 0.3 is 0 Å². The number of carbonyl (C=O) groups excluding carboxylic acids is 1. The van der Waals surface area contributed by atoms with E-state index in [-0.39, 0.29) is 10.8 Å². The summed E-state index contributed by atoms with van der Waals surface area (Å²) in [6.45, 7) is 2.19. The summed E-state index contributed by atoms with van der Waals surface area (Å²) in [6.07, 6.45) is 1.18. The van der Waals surface area contributed by atoms with Crippen molar-refractivity contribution in [2.45, 2.75) is 30.7 Å². The van der Waals surface area contributed by atoms with Crippen molar-refractivity contribution in [3.63, 3.8) is 0 Å². The molecule has 1 aliphatic rings. The molecule has 1 atom stereocenters. The van der Waals surface area contributed by atoms with Gasteiger partial charge in [-0.3, -0.25) is 4.79 Å². The third kappa shape index (κ3) is 3.29. The van der Waals surface area contributed by atoms with Crippen molar-refractivity contribution in [3.8, 4) is 0 Å². The Bertz CT molecular complexity index is 802. The number of hydrogen-bond donors (Lipinski definition) is 1. The van der Waals surface area contributed by atoms with Crippen molar-refractivity contribution in [2.75, 3.05) is 11.9 Å². The maximum Gasteiger partial charge on any atom is 0.244 e. The minimum Gasteiger partial charge on any atom is -0.301 e. The molecule has 0 radical (unpaired) electrons. The monoisotopic (exact) mass is 351 g/mol. The van der Waals surface area contributed by atoms with Gasteiger partial charge in [-0.2, -0.15) is 4.31 Å². The number of aromatic nitrogens is 1. The molecule has 0 aliphatic carbocycles. The molecule has 122 valence electrons. The summed E-state index contributed by atoms with van der Waals surface area (Å²) in [5, 5.41) is 5.05. The number of carbonyl (C=O) groups is 1. The number of anilines is 1. The van der Waals surface area contributed by atoms with Crippen LogP contribution in [0, 0.1) is 6.92 Å². The lowest BCUT2D eigenvalue weighted by Gasteiger charge is -2.23. The molecule has 1 N–H and O–H groups in total. The summed E-state index contributed by atoms with van der Waals surface area (Å²) in [4.78, 5) is 16.9. The van der Waals surface area contributed by atoms with E-state index in [1.54, 1.807) is 30.3 Å². The number of nitrogens with one attached hydrogen (secondary N) is 1. The number of benzene rings is 1. The van der Waals surface area contributed by atoms with Gasteiger partial charge in [-0.05, 0) is 31.9 Å². The molecule has 6 nitrogen and oxygen atoms in total. The fraction of sp³-hybridized carbons (Fsp3) is 0.333. The molecule has 3 rings (SSSR count).